The van der Waals surface area contributed by atoms with E-state index in [0.717, 1.165) is 11.1 Å². The summed E-state index contributed by atoms with van der Waals surface area (Å²) in [4.78, 5) is -0.139. The van der Waals surface area contributed by atoms with Crippen molar-refractivity contribution in [2.75, 3.05) is 11.8 Å². The molecule has 10 heteroatoms. The van der Waals surface area contributed by atoms with Gasteiger partial charge in [0.05, 0.1) is 34.6 Å². The number of fused-ring (bicyclic) bond motifs is 1. The van der Waals surface area contributed by atoms with E-state index in [1.54, 1.807) is 10.7 Å². The van der Waals surface area contributed by atoms with Crippen LogP contribution in [0.5, 0.6) is 5.75 Å². The molecule has 7 nitrogen and oxygen atoms in total. The quantitative estimate of drug-likeness (QED) is 0.392. The summed E-state index contributed by atoms with van der Waals surface area (Å²) in [5.74, 6) is 0.614. The number of nitrogens with two attached hydrogens (primary N) is 1. The van der Waals surface area contributed by atoms with Crippen molar-refractivity contribution in [3.8, 4) is 5.75 Å². The molecule has 4 aromatic rings. The first-order valence-corrected chi connectivity index (χ1v) is 11.9. The van der Waals surface area contributed by atoms with Crippen LogP contribution < -0.4 is 15.2 Å². The van der Waals surface area contributed by atoms with E-state index >= 15 is 0 Å². The zero-order valence-electron chi connectivity index (χ0n) is 17.0. The van der Waals surface area contributed by atoms with Gasteiger partial charge in [0.25, 0.3) is 10.0 Å². The first kappa shape index (κ1) is 22.4. The van der Waals surface area contributed by atoms with E-state index in [2.05, 4.69) is 9.82 Å². The lowest BCUT2D eigenvalue weighted by molar-refractivity contribution is 0.420. The maximum Gasteiger partial charge on any atom is 0.264 e. The third kappa shape index (κ3) is 4.27. The number of benzene rings is 3. The van der Waals surface area contributed by atoms with Gasteiger partial charge in [-0.1, -0.05) is 59.6 Å². The van der Waals surface area contributed by atoms with E-state index in [1.807, 2.05) is 36.4 Å². The lowest BCUT2D eigenvalue weighted by Gasteiger charge is -2.09. The van der Waals surface area contributed by atoms with Crippen LogP contribution in [-0.4, -0.2) is 25.3 Å². The normalized spacial score (nSPS) is 11.6. The largest absolute Gasteiger partial charge is 0.496 e. The molecule has 0 saturated heterocycles. The molecule has 3 N–H and O–H groups in total. The molecule has 0 aliphatic rings. The van der Waals surface area contributed by atoms with Crippen molar-refractivity contribution in [1.82, 2.24) is 9.78 Å². The summed E-state index contributed by atoms with van der Waals surface area (Å²) >= 11 is 12.2. The maximum atomic E-state index is 13.1. The Morgan fingerprint density at radius 1 is 1.06 bits per heavy atom. The van der Waals surface area contributed by atoms with Gasteiger partial charge < -0.3 is 10.5 Å². The highest BCUT2D eigenvalue weighted by molar-refractivity contribution is 7.92. The zero-order chi connectivity index (χ0) is 22.9. The highest BCUT2D eigenvalue weighted by Crippen LogP contribution is 2.35. The van der Waals surface area contributed by atoms with Gasteiger partial charge in [-0.15, -0.1) is 0 Å². The average molecular weight is 491 g/mol. The Balaban J connectivity index is 1.81. The van der Waals surface area contributed by atoms with E-state index in [9.17, 15) is 8.42 Å². The number of nitrogens with one attached hydrogen (secondary N) is 1. The Morgan fingerprint density at radius 2 is 1.78 bits per heavy atom. The number of methoxy groups -OCH3 is 1. The number of aromatic nitrogens is 2. The number of rotatable bonds is 7. The van der Waals surface area contributed by atoms with Crippen molar-refractivity contribution in [2.24, 2.45) is 5.73 Å². The SMILES string of the molecule is COc1cccc2c1c(NS(=O)(=O)c1cccc(Cl)c1Cl)nn2Cc1cccc(CN)c1. The predicted molar refractivity (Wildman–Crippen MR) is 127 cm³/mol. The van der Waals surface area contributed by atoms with Crippen LogP contribution in [0.3, 0.4) is 0 Å². The van der Waals surface area contributed by atoms with Gasteiger partial charge >= 0.3 is 0 Å². The molecule has 0 radical (unpaired) electrons. The molecular weight excluding hydrogens is 471 g/mol. The minimum Gasteiger partial charge on any atom is -0.496 e. The van der Waals surface area contributed by atoms with Crippen molar-refractivity contribution < 1.29 is 13.2 Å². The van der Waals surface area contributed by atoms with Crippen LogP contribution in [0.2, 0.25) is 10.0 Å². The van der Waals surface area contributed by atoms with Gasteiger partial charge in [0.15, 0.2) is 5.82 Å². The first-order valence-electron chi connectivity index (χ1n) is 9.62. The summed E-state index contributed by atoms with van der Waals surface area (Å²) in [6.07, 6.45) is 0. The van der Waals surface area contributed by atoms with Crippen LogP contribution in [-0.2, 0) is 23.1 Å². The third-order valence-electron chi connectivity index (χ3n) is 4.96. The highest BCUT2D eigenvalue weighted by Gasteiger charge is 2.24. The smallest absolute Gasteiger partial charge is 0.264 e. The molecule has 0 saturated carbocycles. The molecule has 0 unspecified atom stereocenters. The number of nitrogens with zero attached hydrogens (tertiary/aromatic N) is 2. The van der Waals surface area contributed by atoms with Gasteiger partial charge in [-0.05, 0) is 35.4 Å². The molecule has 0 aliphatic heterocycles. The van der Waals surface area contributed by atoms with Crippen molar-refractivity contribution in [1.29, 1.82) is 0 Å². The summed E-state index contributed by atoms with van der Waals surface area (Å²) in [7, 11) is -2.55. The van der Waals surface area contributed by atoms with E-state index in [4.69, 9.17) is 33.7 Å². The van der Waals surface area contributed by atoms with E-state index < -0.39 is 10.0 Å². The number of anilines is 1. The fourth-order valence-electron chi connectivity index (χ4n) is 3.46. The van der Waals surface area contributed by atoms with Crippen LogP contribution in [0.1, 0.15) is 11.1 Å². The molecule has 4 rings (SSSR count). The minimum absolute atomic E-state index is 0.0593. The van der Waals surface area contributed by atoms with E-state index in [-0.39, 0.29) is 20.8 Å². The van der Waals surface area contributed by atoms with Gasteiger partial charge in [-0.25, -0.2) is 8.42 Å². The molecule has 32 heavy (non-hydrogen) atoms. The Bertz CT molecular complexity index is 1400. The highest BCUT2D eigenvalue weighted by atomic mass is 35.5. The summed E-state index contributed by atoms with van der Waals surface area (Å²) in [6, 6.07) is 17.7. The minimum atomic E-state index is -4.07. The summed E-state index contributed by atoms with van der Waals surface area (Å²) in [6.45, 7) is 0.837. The molecule has 1 aromatic heterocycles. The lowest BCUT2D eigenvalue weighted by Crippen LogP contribution is -2.14. The van der Waals surface area contributed by atoms with Crippen LogP contribution in [0.4, 0.5) is 5.82 Å². The van der Waals surface area contributed by atoms with Crippen molar-refractivity contribution >= 4 is 49.9 Å². The molecule has 0 atom stereocenters. The topological polar surface area (TPSA) is 99.2 Å². The molecule has 0 amide bonds. The van der Waals surface area contributed by atoms with Crippen LogP contribution >= 0.6 is 23.2 Å². The summed E-state index contributed by atoms with van der Waals surface area (Å²) in [5, 5.41) is 5.17. The fraction of sp³-hybridized carbons (Fsp3) is 0.136. The maximum absolute atomic E-state index is 13.1. The molecule has 3 aromatic carbocycles. The third-order valence-corrected chi connectivity index (χ3v) is 7.27. The number of hydrogen-bond acceptors (Lipinski definition) is 5. The number of ether oxygens (including phenoxy) is 1. The average Bonchev–Trinajstić information content (AvgIpc) is 3.12. The van der Waals surface area contributed by atoms with Crippen LogP contribution in [0.25, 0.3) is 10.9 Å². The van der Waals surface area contributed by atoms with Gasteiger partial charge in [0.1, 0.15) is 10.6 Å². The van der Waals surface area contributed by atoms with E-state index in [0.29, 0.717) is 29.7 Å². The lowest BCUT2D eigenvalue weighted by atomic mass is 10.1. The van der Waals surface area contributed by atoms with Gasteiger partial charge in [0.2, 0.25) is 0 Å². The van der Waals surface area contributed by atoms with Crippen LogP contribution in [0, 0.1) is 0 Å². The Kier molecular flexibility index (Phi) is 6.30. The van der Waals surface area contributed by atoms with Crippen molar-refractivity contribution in [3.63, 3.8) is 0 Å². The summed E-state index contributed by atoms with van der Waals surface area (Å²) < 4.78 is 36.0. The Hall–Kier alpha value is -2.78. The fourth-order valence-corrected chi connectivity index (χ4v) is 5.23. The standard InChI is InChI=1S/C22H20Cl2N4O3S/c1-31-18-9-4-8-17-20(18)22(26-28(17)13-15-6-2-5-14(11-15)12-25)27-32(29,30)19-10-3-7-16(23)21(19)24/h2-11H,12-13,25H2,1H3,(H,26,27). The van der Waals surface area contributed by atoms with E-state index in [1.165, 1.54) is 25.3 Å². The second-order valence-corrected chi connectivity index (χ2v) is 9.48. The number of halogens is 2. The number of hydrogen-bond donors (Lipinski definition) is 2. The van der Waals surface area contributed by atoms with Gasteiger partial charge in [-0.3, -0.25) is 9.40 Å². The Labute approximate surface area is 195 Å². The molecular formula is C22H20Cl2N4O3S. The monoisotopic (exact) mass is 490 g/mol. The molecule has 0 fully saturated rings. The van der Waals surface area contributed by atoms with Gasteiger partial charge in [-0.2, -0.15) is 5.10 Å². The molecule has 0 aliphatic carbocycles. The van der Waals surface area contributed by atoms with Crippen molar-refractivity contribution in [2.45, 2.75) is 18.0 Å². The predicted octanol–water partition coefficient (Wildman–Crippen LogP) is 4.66. The zero-order valence-corrected chi connectivity index (χ0v) is 19.4. The second-order valence-electron chi connectivity index (χ2n) is 7.04. The molecule has 166 valence electrons. The second kappa shape index (κ2) is 8.99. The first-order chi connectivity index (χ1) is 15.3. The molecule has 0 spiro atoms. The Morgan fingerprint density at radius 3 is 2.53 bits per heavy atom. The molecule has 1 heterocycles. The van der Waals surface area contributed by atoms with Gasteiger partial charge in [0, 0.05) is 6.54 Å². The summed E-state index contributed by atoms with van der Waals surface area (Å²) in [5.41, 5.74) is 8.43. The number of sulfonamides is 1. The van der Waals surface area contributed by atoms with Crippen LogP contribution in [0.15, 0.2) is 65.6 Å². The molecule has 0 bridgehead atoms. The van der Waals surface area contributed by atoms with Crippen molar-refractivity contribution in [3.05, 3.63) is 81.8 Å².